The molecule has 0 aliphatic rings. The summed E-state index contributed by atoms with van der Waals surface area (Å²) in [6.07, 6.45) is 1.52. The molecule has 4 heteroatoms. The van der Waals surface area contributed by atoms with Crippen LogP contribution in [0.1, 0.15) is 6.42 Å². The highest BCUT2D eigenvalue weighted by Gasteiger charge is 1.99. The first-order valence-corrected chi connectivity index (χ1v) is 4.63. The van der Waals surface area contributed by atoms with E-state index < -0.39 is 0 Å². The van der Waals surface area contributed by atoms with E-state index in [4.69, 9.17) is 0 Å². The first kappa shape index (κ1) is 9.90. The van der Waals surface area contributed by atoms with E-state index in [2.05, 4.69) is 5.23 Å². The standard InChI is InChI=1S/C9H13B2NO/c10-7-6-9(13)12-11-8-4-2-1-3-5-8/h1-5,11H,6-7,10H2,(H,12,13). The summed E-state index contributed by atoms with van der Waals surface area (Å²) in [6.45, 7) is 0. The van der Waals surface area contributed by atoms with Crippen molar-refractivity contribution in [3.63, 3.8) is 0 Å². The van der Waals surface area contributed by atoms with Crippen LogP contribution in [-0.2, 0) is 4.79 Å². The molecule has 2 nitrogen and oxygen atoms in total. The van der Waals surface area contributed by atoms with Crippen LogP contribution < -0.4 is 10.7 Å². The Kier molecular flexibility index (Phi) is 4.16. The molecule has 13 heavy (non-hydrogen) atoms. The minimum Gasteiger partial charge on any atom is -0.398 e. The Bertz CT molecular complexity index is 264. The Labute approximate surface area is 80.4 Å². The average molecular weight is 173 g/mol. The minimum atomic E-state index is 0.131. The van der Waals surface area contributed by atoms with Gasteiger partial charge in [-0.25, -0.2) is 0 Å². The SMILES string of the molecule is BCCC(=O)NBc1ccccc1. The fraction of sp³-hybridized carbons (Fsp3) is 0.222. The van der Waals surface area contributed by atoms with Gasteiger partial charge in [0, 0.05) is 6.42 Å². The van der Waals surface area contributed by atoms with Crippen LogP contribution in [0, 0.1) is 0 Å². The molecule has 1 rings (SSSR count). The molecule has 0 spiro atoms. The second-order valence-corrected chi connectivity index (χ2v) is 3.01. The number of benzene rings is 1. The molecule has 0 aromatic heterocycles. The Balaban J connectivity index is 2.31. The summed E-state index contributed by atoms with van der Waals surface area (Å²) in [5, 5.41) is 2.86. The highest BCUT2D eigenvalue weighted by Crippen LogP contribution is 1.83. The lowest BCUT2D eigenvalue weighted by Crippen LogP contribution is -2.35. The zero-order chi connectivity index (χ0) is 9.52. The van der Waals surface area contributed by atoms with Crippen molar-refractivity contribution in [2.75, 3.05) is 0 Å². The third-order valence-corrected chi connectivity index (χ3v) is 1.81. The zero-order valence-electron chi connectivity index (χ0n) is 7.92. The minimum absolute atomic E-state index is 0.131. The zero-order valence-corrected chi connectivity index (χ0v) is 7.92. The Morgan fingerprint density at radius 1 is 1.38 bits per heavy atom. The lowest BCUT2D eigenvalue weighted by atomic mass is 9.82. The lowest BCUT2D eigenvalue weighted by Gasteiger charge is -2.01. The van der Waals surface area contributed by atoms with Crippen LogP contribution in [0.25, 0.3) is 0 Å². The van der Waals surface area contributed by atoms with E-state index in [1.165, 1.54) is 0 Å². The van der Waals surface area contributed by atoms with E-state index in [9.17, 15) is 4.79 Å². The molecule has 1 aromatic rings. The van der Waals surface area contributed by atoms with Gasteiger partial charge in [-0.1, -0.05) is 42.1 Å². The molecule has 0 radical (unpaired) electrons. The summed E-state index contributed by atoms with van der Waals surface area (Å²) >= 11 is 0. The van der Waals surface area contributed by atoms with Crippen LogP contribution in [0.5, 0.6) is 0 Å². The maximum absolute atomic E-state index is 11.1. The summed E-state index contributed by atoms with van der Waals surface area (Å²) in [4.78, 5) is 11.1. The van der Waals surface area contributed by atoms with Crippen LogP contribution in [0.2, 0.25) is 6.32 Å². The molecule has 1 amide bonds. The number of carbonyl (C=O) groups is 1. The van der Waals surface area contributed by atoms with Crippen molar-refractivity contribution < 1.29 is 4.79 Å². The number of nitrogens with one attached hydrogen (secondary N) is 1. The molecule has 0 fully saturated rings. The largest absolute Gasteiger partial charge is 0.398 e. The molecule has 0 saturated carbocycles. The van der Waals surface area contributed by atoms with E-state index in [0.29, 0.717) is 13.8 Å². The normalized spacial score (nSPS) is 9.23. The fourth-order valence-electron chi connectivity index (χ4n) is 1.11. The maximum atomic E-state index is 11.1. The molecular formula is C9H13B2NO. The van der Waals surface area contributed by atoms with Crippen LogP contribution in [-0.4, -0.2) is 21.2 Å². The Morgan fingerprint density at radius 2 is 2.08 bits per heavy atom. The maximum Gasteiger partial charge on any atom is 0.269 e. The number of hydrogen-bond donors (Lipinski definition) is 1. The van der Waals surface area contributed by atoms with Crippen LogP contribution in [0.15, 0.2) is 30.3 Å². The van der Waals surface area contributed by atoms with Gasteiger partial charge < -0.3 is 5.23 Å². The van der Waals surface area contributed by atoms with Gasteiger partial charge in [-0.3, -0.25) is 4.79 Å². The average Bonchev–Trinajstić information content (AvgIpc) is 2.17. The van der Waals surface area contributed by atoms with Gasteiger partial charge in [0.2, 0.25) is 5.91 Å². The smallest absolute Gasteiger partial charge is 0.269 e. The molecule has 0 heterocycles. The predicted octanol–water partition coefficient (Wildman–Crippen LogP) is -0.779. The third-order valence-electron chi connectivity index (χ3n) is 1.81. The lowest BCUT2D eigenvalue weighted by molar-refractivity contribution is -0.119. The van der Waals surface area contributed by atoms with E-state index in [-0.39, 0.29) is 5.91 Å². The molecule has 1 aromatic carbocycles. The van der Waals surface area contributed by atoms with Gasteiger partial charge in [0.05, 0.1) is 0 Å². The fourth-order valence-corrected chi connectivity index (χ4v) is 1.11. The monoisotopic (exact) mass is 173 g/mol. The molecule has 1 N–H and O–H groups in total. The molecule has 66 valence electrons. The summed E-state index contributed by atoms with van der Waals surface area (Å²) in [7, 11) is 2.64. The quantitative estimate of drug-likeness (QED) is 0.594. The van der Waals surface area contributed by atoms with E-state index in [1.807, 2.05) is 38.2 Å². The molecule has 0 aliphatic heterocycles. The first-order valence-electron chi connectivity index (χ1n) is 4.63. The van der Waals surface area contributed by atoms with Crippen LogP contribution >= 0.6 is 0 Å². The molecule has 0 saturated heterocycles. The highest BCUT2D eigenvalue weighted by atomic mass is 16.1. The second kappa shape index (κ2) is 5.46. The Hall–Kier alpha value is -1.18. The topological polar surface area (TPSA) is 29.1 Å². The second-order valence-electron chi connectivity index (χ2n) is 3.01. The predicted molar refractivity (Wildman–Crippen MR) is 59.3 cm³/mol. The van der Waals surface area contributed by atoms with Crippen molar-refractivity contribution in [1.29, 1.82) is 0 Å². The van der Waals surface area contributed by atoms with Crippen molar-refractivity contribution in [1.82, 2.24) is 5.23 Å². The number of rotatable bonds is 4. The van der Waals surface area contributed by atoms with Crippen molar-refractivity contribution >= 4 is 26.6 Å². The summed E-state index contributed by atoms with van der Waals surface area (Å²) in [6, 6.07) is 9.93. The van der Waals surface area contributed by atoms with Gasteiger partial charge in [0.15, 0.2) is 0 Å². The Morgan fingerprint density at radius 3 is 2.69 bits per heavy atom. The van der Waals surface area contributed by atoms with Gasteiger partial charge in [-0.15, -0.1) is 0 Å². The summed E-state index contributed by atoms with van der Waals surface area (Å²) < 4.78 is 0. The molecule has 0 aliphatic carbocycles. The van der Waals surface area contributed by atoms with Crippen molar-refractivity contribution in [2.45, 2.75) is 12.7 Å². The summed E-state index contributed by atoms with van der Waals surface area (Å²) in [5.74, 6) is 0.131. The van der Waals surface area contributed by atoms with Gasteiger partial charge >= 0.3 is 0 Å². The van der Waals surface area contributed by atoms with Gasteiger partial charge in [-0.2, -0.15) is 0 Å². The van der Waals surface area contributed by atoms with E-state index in [0.717, 1.165) is 11.8 Å². The number of hydrogen-bond acceptors (Lipinski definition) is 1. The van der Waals surface area contributed by atoms with Gasteiger partial charge in [0.1, 0.15) is 7.85 Å². The van der Waals surface area contributed by atoms with Crippen molar-refractivity contribution in [2.24, 2.45) is 0 Å². The molecule has 0 unspecified atom stereocenters. The van der Waals surface area contributed by atoms with E-state index in [1.54, 1.807) is 0 Å². The number of amides is 1. The summed E-state index contributed by atoms with van der Waals surface area (Å²) in [5.41, 5.74) is 1.15. The van der Waals surface area contributed by atoms with Gasteiger partial charge in [0.25, 0.3) is 7.41 Å². The van der Waals surface area contributed by atoms with Crippen molar-refractivity contribution in [3.8, 4) is 0 Å². The van der Waals surface area contributed by atoms with Crippen LogP contribution in [0.3, 0.4) is 0 Å². The highest BCUT2D eigenvalue weighted by molar-refractivity contribution is 6.53. The molecular weight excluding hydrogens is 160 g/mol. The van der Waals surface area contributed by atoms with Crippen LogP contribution in [0.4, 0.5) is 0 Å². The van der Waals surface area contributed by atoms with Crippen molar-refractivity contribution in [3.05, 3.63) is 30.3 Å². The van der Waals surface area contributed by atoms with E-state index >= 15 is 0 Å². The first-order chi connectivity index (χ1) is 6.33. The van der Waals surface area contributed by atoms with Gasteiger partial charge in [-0.05, 0) is 0 Å². The molecule has 0 atom stereocenters. The molecule has 0 bridgehead atoms. The third kappa shape index (κ3) is 3.83. The number of carbonyl (C=O) groups excluding carboxylic acids is 1.